The van der Waals surface area contributed by atoms with Crippen LogP contribution in [0.15, 0.2) is 23.3 Å². The lowest BCUT2D eigenvalue weighted by atomic mass is 9.97. The van der Waals surface area contributed by atoms with Crippen LogP contribution in [-0.2, 0) is 33.3 Å². The highest BCUT2D eigenvalue weighted by Crippen LogP contribution is 2.30. The van der Waals surface area contributed by atoms with Crippen LogP contribution in [0.2, 0.25) is 0 Å². The molecule has 6 N–H and O–H groups in total. The summed E-state index contributed by atoms with van der Waals surface area (Å²) in [4.78, 5) is 24.6. The average molecular weight is 521 g/mol. The fraction of sp³-hybridized carbons (Fsp3) is 0.739. The molecule has 2 saturated heterocycles. The Hall–Kier alpha value is -1.94. The Bertz CT molecular complexity index is 812. The van der Waals surface area contributed by atoms with Gasteiger partial charge in [-0.2, -0.15) is 0 Å². The smallest absolute Gasteiger partial charge is 0.333 e. The minimum atomic E-state index is -1.80. The standard InChI is InChI=1S/C23H36O13/c1-5-7-11(4)21(31)35-19-15(27)13(9-25)33-23(17(19)29)36-22-16(28)18(14(26)12(8-24)32-22)34-20(30)10(3)6-2/h6-7,12-19,22-29H,5,8-9H2,1-4H3/b10-6-,11-7-. The molecule has 0 aromatic carbocycles. The number of esters is 2. The average Bonchev–Trinajstić information content (AvgIpc) is 2.86. The summed E-state index contributed by atoms with van der Waals surface area (Å²) >= 11 is 0. The lowest BCUT2D eigenvalue weighted by Gasteiger charge is -2.45. The fourth-order valence-electron chi connectivity index (χ4n) is 3.68. The molecule has 0 saturated carbocycles. The first-order valence-corrected chi connectivity index (χ1v) is 11.6. The Morgan fingerprint density at radius 3 is 1.56 bits per heavy atom. The molecule has 0 aliphatic carbocycles. The Balaban J connectivity index is 2.25. The van der Waals surface area contributed by atoms with E-state index in [1.807, 2.05) is 0 Å². The monoisotopic (exact) mass is 520 g/mol. The van der Waals surface area contributed by atoms with Crippen molar-refractivity contribution in [1.82, 2.24) is 0 Å². The van der Waals surface area contributed by atoms with Gasteiger partial charge in [-0.1, -0.05) is 19.1 Å². The molecule has 206 valence electrons. The van der Waals surface area contributed by atoms with Crippen molar-refractivity contribution in [2.24, 2.45) is 0 Å². The lowest BCUT2D eigenvalue weighted by Crippen LogP contribution is -2.64. The number of hydrogen-bond acceptors (Lipinski definition) is 13. The van der Waals surface area contributed by atoms with Crippen LogP contribution >= 0.6 is 0 Å². The SMILES string of the molecule is C/C=C(/C)C(=O)OC1C(O)C(CO)OC(OC2OC(CO)C(O)C(OC(=O)/C(C)=C\CC)C2O)C1O. The van der Waals surface area contributed by atoms with Gasteiger partial charge in [0, 0.05) is 11.1 Å². The first kappa shape index (κ1) is 30.3. The predicted octanol–water partition coefficient (Wildman–Crippen LogP) is -1.97. The van der Waals surface area contributed by atoms with E-state index in [1.54, 1.807) is 19.9 Å². The summed E-state index contributed by atoms with van der Waals surface area (Å²) in [6, 6.07) is 0. The van der Waals surface area contributed by atoms with Crippen LogP contribution in [0, 0.1) is 0 Å². The van der Waals surface area contributed by atoms with Gasteiger partial charge in [-0.05, 0) is 27.2 Å². The topological polar surface area (TPSA) is 202 Å². The van der Waals surface area contributed by atoms with Gasteiger partial charge in [0.05, 0.1) is 13.2 Å². The van der Waals surface area contributed by atoms with Crippen LogP contribution in [0.4, 0.5) is 0 Å². The van der Waals surface area contributed by atoms with Crippen molar-refractivity contribution in [3.8, 4) is 0 Å². The molecule has 10 atom stereocenters. The minimum Gasteiger partial charge on any atom is -0.453 e. The molecule has 0 radical (unpaired) electrons. The summed E-state index contributed by atoms with van der Waals surface area (Å²) in [5.41, 5.74) is 0.426. The van der Waals surface area contributed by atoms with Gasteiger partial charge in [-0.15, -0.1) is 0 Å². The number of carbonyl (C=O) groups is 2. The van der Waals surface area contributed by atoms with Gasteiger partial charge in [-0.25, -0.2) is 9.59 Å². The van der Waals surface area contributed by atoms with E-state index >= 15 is 0 Å². The molecule has 2 aliphatic rings. The van der Waals surface area contributed by atoms with E-state index in [4.69, 9.17) is 23.7 Å². The maximum absolute atomic E-state index is 12.3. The van der Waals surface area contributed by atoms with Crippen LogP contribution < -0.4 is 0 Å². The summed E-state index contributed by atoms with van der Waals surface area (Å²) in [7, 11) is 0. The second-order valence-electron chi connectivity index (χ2n) is 8.56. The Kier molecular flexibility index (Phi) is 11.4. The third-order valence-electron chi connectivity index (χ3n) is 5.99. The largest absolute Gasteiger partial charge is 0.453 e. The van der Waals surface area contributed by atoms with Crippen molar-refractivity contribution in [3.05, 3.63) is 23.3 Å². The summed E-state index contributed by atoms with van der Waals surface area (Å²) in [5, 5.41) is 61.6. The first-order valence-electron chi connectivity index (χ1n) is 11.6. The van der Waals surface area contributed by atoms with Gasteiger partial charge in [0.25, 0.3) is 0 Å². The highest BCUT2D eigenvalue weighted by Gasteiger charge is 2.52. The molecule has 0 spiro atoms. The van der Waals surface area contributed by atoms with Gasteiger partial charge >= 0.3 is 11.9 Å². The van der Waals surface area contributed by atoms with E-state index in [0.29, 0.717) is 6.42 Å². The zero-order valence-corrected chi connectivity index (χ0v) is 20.6. The summed E-state index contributed by atoms with van der Waals surface area (Å²) < 4.78 is 26.7. The van der Waals surface area contributed by atoms with Gasteiger partial charge in [-0.3, -0.25) is 0 Å². The number of aliphatic hydroxyl groups is 6. The number of aliphatic hydroxyl groups excluding tert-OH is 6. The van der Waals surface area contributed by atoms with Crippen molar-refractivity contribution < 1.29 is 63.9 Å². The van der Waals surface area contributed by atoms with Crippen molar-refractivity contribution >= 4 is 11.9 Å². The molecule has 36 heavy (non-hydrogen) atoms. The molecule has 0 amide bonds. The molecule has 2 rings (SSSR count). The highest BCUT2D eigenvalue weighted by atomic mass is 16.8. The molecular formula is C23H36O13. The molecule has 13 nitrogen and oxygen atoms in total. The maximum atomic E-state index is 12.3. The van der Waals surface area contributed by atoms with E-state index in [0.717, 1.165) is 0 Å². The number of rotatable bonds is 9. The number of hydrogen-bond donors (Lipinski definition) is 6. The van der Waals surface area contributed by atoms with Crippen LogP contribution in [0.3, 0.4) is 0 Å². The van der Waals surface area contributed by atoms with Crippen LogP contribution in [-0.4, -0.2) is 117 Å². The van der Waals surface area contributed by atoms with E-state index in [2.05, 4.69) is 0 Å². The molecular weight excluding hydrogens is 484 g/mol. The van der Waals surface area contributed by atoms with Crippen LogP contribution in [0.5, 0.6) is 0 Å². The third kappa shape index (κ3) is 6.88. The third-order valence-corrected chi connectivity index (χ3v) is 5.99. The molecule has 0 bridgehead atoms. The van der Waals surface area contributed by atoms with Gasteiger partial charge in [0.15, 0.2) is 24.8 Å². The highest BCUT2D eigenvalue weighted by molar-refractivity contribution is 5.88. The summed E-state index contributed by atoms with van der Waals surface area (Å²) in [6.45, 7) is 4.87. The molecule has 10 unspecified atom stereocenters. The van der Waals surface area contributed by atoms with Crippen molar-refractivity contribution in [1.29, 1.82) is 0 Å². The zero-order chi connectivity index (χ0) is 27.2. The second kappa shape index (κ2) is 13.6. The second-order valence-corrected chi connectivity index (χ2v) is 8.56. The van der Waals surface area contributed by atoms with E-state index in [-0.39, 0.29) is 11.1 Å². The number of allylic oxidation sites excluding steroid dienone is 2. The minimum absolute atomic E-state index is 0.196. The van der Waals surface area contributed by atoms with E-state index < -0.39 is 86.6 Å². The Morgan fingerprint density at radius 2 is 1.19 bits per heavy atom. The molecule has 0 aromatic rings. The van der Waals surface area contributed by atoms with Crippen LogP contribution in [0.25, 0.3) is 0 Å². The van der Waals surface area contributed by atoms with Crippen LogP contribution in [0.1, 0.15) is 34.1 Å². The molecule has 2 fully saturated rings. The van der Waals surface area contributed by atoms with Crippen molar-refractivity contribution in [2.45, 2.75) is 95.5 Å². The van der Waals surface area contributed by atoms with Gasteiger partial charge < -0.3 is 54.3 Å². The molecule has 2 aliphatic heterocycles. The predicted molar refractivity (Wildman–Crippen MR) is 120 cm³/mol. The fourth-order valence-corrected chi connectivity index (χ4v) is 3.68. The van der Waals surface area contributed by atoms with E-state index in [9.17, 15) is 40.2 Å². The van der Waals surface area contributed by atoms with Crippen molar-refractivity contribution in [2.75, 3.05) is 13.2 Å². The van der Waals surface area contributed by atoms with Gasteiger partial charge in [0.1, 0.15) is 36.6 Å². The summed E-state index contributed by atoms with van der Waals surface area (Å²) in [6.07, 6.45) is -12.5. The summed E-state index contributed by atoms with van der Waals surface area (Å²) in [5.74, 6) is -1.65. The van der Waals surface area contributed by atoms with Crippen molar-refractivity contribution in [3.63, 3.8) is 0 Å². The first-order chi connectivity index (χ1) is 17.0. The maximum Gasteiger partial charge on any atom is 0.333 e. The lowest BCUT2D eigenvalue weighted by molar-refractivity contribution is -0.376. The molecule has 0 aromatic heterocycles. The number of carbonyl (C=O) groups excluding carboxylic acids is 2. The van der Waals surface area contributed by atoms with E-state index in [1.165, 1.54) is 19.9 Å². The molecule has 2 heterocycles. The zero-order valence-electron chi connectivity index (χ0n) is 20.6. The number of ether oxygens (including phenoxy) is 5. The molecule has 13 heteroatoms. The Labute approximate surface area is 208 Å². The normalized spacial score (nSPS) is 37.9. The van der Waals surface area contributed by atoms with Gasteiger partial charge in [0.2, 0.25) is 0 Å². The quantitative estimate of drug-likeness (QED) is 0.144. The Morgan fingerprint density at radius 1 is 0.778 bits per heavy atom.